The molecule has 16 heavy (non-hydrogen) atoms. The summed E-state index contributed by atoms with van der Waals surface area (Å²) < 4.78 is 0. The maximum absolute atomic E-state index is 8.38. The van der Waals surface area contributed by atoms with Crippen LogP contribution in [0.2, 0.25) is 0 Å². The summed E-state index contributed by atoms with van der Waals surface area (Å²) in [6.45, 7) is 4.71. The van der Waals surface area contributed by atoms with Crippen molar-refractivity contribution in [3.63, 3.8) is 0 Å². The molecule has 0 amide bonds. The van der Waals surface area contributed by atoms with Crippen LogP contribution in [0.25, 0.3) is 0 Å². The normalized spacial score (nSPS) is 9.31. The van der Waals surface area contributed by atoms with Gasteiger partial charge < -0.3 is 10.6 Å². The maximum atomic E-state index is 8.38. The van der Waals surface area contributed by atoms with Crippen LogP contribution in [-0.2, 0) is 0 Å². The van der Waals surface area contributed by atoms with Crippen molar-refractivity contribution < 1.29 is 0 Å². The predicted molar refractivity (Wildman–Crippen MR) is 70.4 cm³/mol. The van der Waals surface area contributed by atoms with Gasteiger partial charge in [-0.3, -0.25) is 0 Å². The van der Waals surface area contributed by atoms with E-state index in [0.717, 1.165) is 5.69 Å². The number of benzene rings is 1. The molecule has 3 nitrogen and oxygen atoms in total. The highest BCUT2D eigenvalue weighted by Crippen LogP contribution is 2.13. The van der Waals surface area contributed by atoms with Crippen LogP contribution in [0.4, 0.5) is 5.69 Å². The van der Waals surface area contributed by atoms with E-state index >= 15 is 0 Å². The van der Waals surface area contributed by atoms with Crippen LogP contribution in [-0.4, -0.2) is 11.7 Å². The van der Waals surface area contributed by atoms with Gasteiger partial charge in [-0.05, 0) is 49.3 Å². The molecule has 2 N–H and O–H groups in total. The van der Waals surface area contributed by atoms with Gasteiger partial charge in [-0.2, -0.15) is 5.26 Å². The lowest BCUT2D eigenvalue weighted by atomic mass is 10.1. The minimum absolute atomic E-state index is 0.453. The second-order valence-electron chi connectivity index (χ2n) is 3.59. The molecule has 0 aliphatic rings. The van der Waals surface area contributed by atoms with E-state index in [-0.39, 0.29) is 0 Å². The van der Waals surface area contributed by atoms with E-state index in [4.69, 9.17) is 17.5 Å². The fourth-order valence-electron chi connectivity index (χ4n) is 1.23. The molecule has 0 radical (unpaired) electrons. The number of hydrogen-bond donors (Lipinski definition) is 2. The Morgan fingerprint density at radius 2 is 2.12 bits per heavy atom. The molecule has 0 saturated carbocycles. The molecule has 0 atom stereocenters. The van der Waals surface area contributed by atoms with Crippen molar-refractivity contribution in [2.75, 3.05) is 11.9 Å². The summed E-state index contributed by atoms with van der Waals surface area (Å²) in [5, 5.41) is 15.0. The Morgan fingerprint density at radius 1 is 1.38 bits per heavy atom. The zero-order valence-corrected chi connectivity index (χ0v) is 10.3. The Morgan fingerprint density at radius 3 is 2.75 bits per heavy atom. The summed E-state index contributed by atoms with van der Waals surface area (Å²) >= 11 is 5.09. The lowest BCUT2D eigenvalue weighted by molar-refractivity contribution is 0.905. The van der Waals surface area contributed by atoms with E-state index < -0.39 is 0 Å². The molecule has 1 aromatic carbocycles. The van der Waals surface area contributed by atoms with Gasteiger partial charge in [0.1, 0.15) is 0 Å². The number of hydrogen-bond acceptors (Lipinski definition) is 2. The quantitative estimate of drug-likeness (QED) is 0.622. The molecule has 1 aromatic rings. The molecule has 4 heteroatoms. The van der Waals surface area contributed by atoms with Gasteiger partial charge in [0, 0.05) is 12.2 Å². The largest absolute Gasteiger partial charge is 0.361 e. The van der Waals surface area contributed by atoms with E-state index in [2.05, 4.69) is 36.6 Å². The Bertz CT molecular complexity index is 421. The van der Waals surface area contributed by atoms with Crippen LogP contribution in [0.3, 0.4) is 0 Å². The molecule has 84 valence electrons. The molecular weight excluding hydrogens is 218 g/mol. The average Bonchev–Trinajstić information content (AvgIpc) is 2.24. The first-order valence-corrected chi connectivity index (χ1v) is 5.53. The molecule has 0 unspecified atom stereocenters. The summed E-state index contributed by atoms with van der Waals surface area (Å²) in [5.41, 5.74) is 3.45. The molecular formula is C12H15N3S. The number of rotatable bonds is 3. The molecule has 0 spiro atoms. The Hall–Kier alpha value is -1.60. The molecule has 1 rings (SSSR count). The smallest absolute Gasteiger partial charge is 0.170 e. The van der Waals surface area contributed by atoms with E-state index in [1.165, 1.54) is 11.1 Å². The van der Waals surface area contributed by atoms with E-state index in [0.29, 0.717) is 18.1 Å². The molecule has 0 aliphatic carbocycles. The van der Waals surface area contributed by atoms with E-state index in [1.807, 2.05) is 12.1 Å². The van der Waals surface area contributed by atoms with Gasteiger partial charge in [-0.1, -0.05) is 6.07 Å². The van der Waals surface area contributed by atoms with Gasteiger partial charge in [-0.15, -0.1) is 0 Å². The van der Waals surface area contributed by atoms with Crippen molar-refractivity contribution in [2.24, 2.45) is 0 Å². The fourth-order valence-corrected chi connectivity index (χ4v) is 1.45. The third-order valence-corrected chi connectivity index (χ3v) is 2.53. The summed E-state index contributed by atoms with van der Waals surface area (Å²) in [5.74, 6) is 0. The van der Waals surface area contributed by atoms with Crippen LogP contribution in [0, 0.1) is 25.2 Å². The van der Waals surface area contributed by atoms with Crippen molar-refractivity contribution in [2.45, 2.75) is 20.3 Å². The number of aryl methyl sites for hydroxylation is 2. The molecule has 0 fully saturated rings. The number of nitrogens with zero attached hydrogens (tertiary/aromatic N) is 1. The summed E-state index contributed by atoms with van der Waals surface area (Å²) in [7, 11) is 0. The number of anilines is 1. The Balaban J connectivity index is 2.50. The lowest BCUT2D eigenvalue weighted by Gasteiger charge is -2.10. The summed E-state index contributed by atoms with van der Waals surface area (Å²) in [4.78, 5) is 0. The highest BCUT2D eigenvalue weighted by molar-refractivity contribution is 7.80. The first-order chi connectivity index (χ1) is 7.63. The van der Waals surface area contributed by atoms with Crippen molar-refractivity contribution >= 4 is 23.0 Å². The minimum Gasteiger partial charge on any atom is -0.361 e. The molecule has 0 heterocycles. The van der Waals surface area contributed by atoms with Crippen LogP contribution < -0.4 is 10.6 Å². The van der Waals surface area contributed by atoms with E-state index in [1.54, 1.807) is 0 Å². The first kappa shape index (κ1) is 12.5. The van der Waals surface area contributed by atoms with Gasteiger partial charge in [0.15, 0.2) is 5.11 Å². The van der Waals surface area contributed by atoms with Crippen molar-refractivity contribution in [3.05, 3.63) is 29.3 Å². The Kier molecular flexibility index (Phi) is 4.74. The summed E-state index contributed by atoms with van der Waals surface area (Å²) in [6, 6.07) is 8.14. The molecule has 0 bridgehead atoms. The van der Waals surface area contributed by atoms with Crippen molar-refractivity contribution in [1.29, 1.82) is 5.26 Å². The highest BCUT2D eigenvalue weighted by Gasteiger charge is 1.98. The van der Waals surface area contributed by atoms with E-state index in [9.17, 15) is 0 Å². The zero-order chi connectivity index (χ0) is 12.0. The molecule has 0 saturated heterocycles. The molecule has 0 aliphatic heterocycles. The van der Waals surface area contributed by atoms with Gasteiger partial charge in [-0.25, -0.2) is 0 Å². The zero-order valence-electron chi connectivity index (χ0n) is 9.50. The standard InChI is InChI=1S/C12H15N3S/c1-9-4-5-11(8-10(9)2)15-12(16)14-7-3-6-13/h4-5,8H,3,7H2,1-2H3,(H2,14,15,16). The second kappa shape index (κ2) is 6.09. The van der Waals surface area contributed by atoms with Gasteiger partial charge in [0.25, 0.3) is 0 Å². The highest BCUT2D eigenvalue weighted by atomic mass is 32.1. The Labute approximate surface area is 101 Å². The number of nitriles is 1. The third kappa shape index (κ3) is 3.87. The maximum Gasteiger partial charge on any atom is 0.170 e. The van der Waals surface area contributed by atoms with Gasteiger partial charge in [0.2, 0.25) is 0 Å². The van der Waals surface area contributed by atoms with Crippen molar-refractivity contribution in [1.82, 2.24) is 5.32 Å². The lowest BCUT2D eigenvalue weighted by Crippen LogP contribution is -2.29. The second-order valence-corrected chi connectivity index (χ2v) is 4.00. The van der Waals surface area contributed by atoms with Crippen LogP contribution in [0.5, 0.6) is 0 Å². The first-order valence-electron chi connectivity index (χ1n) is 5.12. The topological polar surface area (TPSA) is 47.8 Å². The van der Waals surface area contributed by atoms with Crippen LogP contribution >= 0.6 is 12.2 Å². The van der Waals surface area contributed by atoms with Crippen LogP contribution in [0.15, 0.2) is 18.2 Å². The summed E-state index contributed by atoms with van der Waals surface area (Å²) in [6.07, 6.45) is 0.453. The predicted octanol–water partition coefficient (Wildman–Crippen LogP) is 2.50. The molecule has 0 aromatic heterocycles. The van der Waals surface area contributed by atoms with Gasteiger partial charge in [0.05, 0.1) is 12.5 Å². The number of thiocarbonyl (C=S) groups is 1. The number of nitrogens with one attached hydrogen (secondary N) is 2. The van der Waals surface area contributed by atoms with Crippen LogP contribution in [0.1, 0.15) is 17.5 Å². The van der Waals surface area contributed by atoms with Gasteiger partial charge >= 0.3 is 0 Å². The average molecular weight is 233 g/mol. The van der Waals surface area contributed by atoms with Crippen molar-refractivity contribution in [3.8, 4) is 6.07 Å². The minimum atomic E-state index is 0.453. The monoisotopic (exact) mass is 233 g/mol. The SMILES string of the molecule is Cc1ccc(NC(=S)NCCC#N)cc1C. The third-order valence-electron chi connectivity index (χ3n) is 2.29. The fraction of sp³-hybridized carbons (Fsp3) is 0.333.